The smallest absolute Gasteiger partial charge is 0.338 e. The molecule has 0 spiro atoms. The number of aryl methyl sites for hydroxylation is 2. The minimum absolute atomic E-state index is 0.105. The van der Waals surface area contributed by atoms with Crippen LogP contribution in [0.1, 0.15) is 44.3 Å². The van der Waals surface area contributed by atoms with Gasteiger partial charge in [0.25, 0.3) is 0 Å². The van der Waals surface area contributed by atoms with E-state index >= 15 is 0 Å². The molecule has 0 radical (unpaired) electrons. The fourth-order valence-electron chi connectivity index (χ4n) is 4.78. The third-order valence-electron chi connectivity index (χ3n) is 7.29. The number of rotatable bonds is 12. The van der Waals surface area contributed by atoms with Crippen LogP contribution in [0.15, 0.2) is 95.7 Å². The Balaban J connectivity index is 1.68. The van der Waals surface area contributed by atoms with E-state index in [1.54, 1.807) is 44.5 Å². The van der Waals surface area contributed by atoms with Gasteiger partial charge in [-0.25, -0.2) is 9.59 Å². The fourth-order valence-corrected chi connectivity index (χ4v) is 4.78. The fraction of sp³-hybridized carbons (Fsp3) is 0.314. The highest BCUT2D eigenvalue weighted by atomic mass is 16.6. The Hall–Kier alpha value is -4.78. The van der Waals surface area contributed by atoms with Crippen molar-refractivity contribution in [3.05, 3.63) is 119 Å². The average molecular weight is 597 g/mol. The van der Waals surface area contributed by atoms with Crippen LogP contribution in [-0.2, 0) is 30.3 Å². The van der Waals surface area contributed by atoms with Gasteiger partial charge >= 0.3 is 11.9 Å². The number of nitriles is 1. The Kier molecular flexibility index (Phi) is 11.0. The third-order valence-corrected chi connectivity index (χ3v) is 7.29. The molecule has 1 fully saturated rings. The maximum atomic E-state index is 13.4. The lowest BCUT2D eigenvalue weighted by atomic mass is 9.88. The van der Waals surface area contributed by atoms with E-state index in [0.29, 0.717) is 11.1 Å². The molecule has 0 aromatic heterocycles. The quantitative estimate of drug-likeness (QED) is 0.0878. The summed E-state index contributed by atoms with van der Waals surface area (Å²) in [5, 5.41) is 10.1. The van der Waals surface area contributed by atoms with Crippen LogP contribution >= 0.6 is 0 Å². The van der Waals surface area contributed by atoms with Crippen LogP contribution in [0, 0.1) is 25.2 Å². The molecule has 4 atom stereocenters. The van der Waals surface area contributed by atoms with Crippen molar-refractivity contribution in [2.24, 2.45) is 4.99 Å². The van der Waals surface area contributed by atoms with Crippen molar-refractivity contribution >= 4 is 18.2 Å². The Morgan fingerprint density at radius 2 is 1.57 bits per heavy atom. The first-order chi connectivity index (χ1) is 21.2. The Labute approximate surface area is 257 Å². The van der Waals surface area contributed by atoms with Gasteiger partial charge in [0, 0.05) is 13.3 Å². The summed E-state index contributed by atoms with van der Waals surface area (Å²) in [6, 6.07) is 25.5. The molecular weight excluding hydrogens is 560 g/mol. The van der Waals surface area contributed by atoms with Crippen LogP contribution in [0.25, 0.3) is 0 Å². The average Bonchev–Trinajstić information content (AvgIpc) is 3.30. The highest BCUT2D eigenvalue weighted by Gasteiger charge is 2.59. The second-order valence-corrected chi connectivity index (χ2v) is 10.6. The number of benzene rings is 3. The summed E-state index contributed by atoms with van der Waals surface area (Å²) in [5.41, 5.74) is 2.27. The van der Waals surface area contributed by atoms with Crippen LogP contribution in [0.5, 0.6) is 0 Å². The van der Waals surface area contributed by atoms with Gasteiger partial charge in [0.2, 0.25) is 0 Å². The van der Waals surface area contributed by atoms with E-state index in [-0.39, 0.29) is 25.4 Å². The normalized spacial score (nSPS) is 21.5. The lowest BCUT2D eigenvalue weighted by Gasteiger charge is -2.34. The molecule has 44 heavy (non-hydrogen) atoms. The van der Waals surface area contributed by atoms with Gasteiger partial charge in [0.05, 0.1) is 29.6 Å². The number of hydrogen-bond donors (Lipinski definition) is 0. The van der Waals surface area contributed by atoms with Crippen molar-refractivity contribution in [2.75, 3.05) is 20.3 Å². The topological polar surface area (TPSA) is 116 Å². The first-order valence-electron chi connectivity index (χ1n) is 14.2. The maximum absolute atomic E-state index is 13.4. The summed E-state index contributed by atoms with van der Waals surface area (Å²) in [6.45, 7) is 5.56. The lowest BCUT2D eigenvalue weighted by molar-refractivity contribution is -0.120. The van der Waals surface area contributed by atoms with E-state index in [1.165, 1.54) is 6.26 Å². The van der Waals surface area contributed by atoms with Gasteiger partial charge < -0.3 is 23.7 Å². The maximum Gasteiger partial charge on any atom is 0.338 e. The number of aliphatic imine (C=N–C) groups is 1. The number of carbonyl (C=O) groups is 2. The number of ether oxygens (including phenoxy) is 5. The zero-order chi connectivity index (χ0) is 31.5. The molecule has 228 valence electrons. The molecule has 4 rings (SSSR count). The van der Waals surface area contributed by atoms with Gasteiger partial charge in [-0.2, -0.15) is 5.26 Å². The predicted octanol–water partition coefficient (Wildman–Crippen LogP) is 5.55. The SMILES string of the molecule is CN=CCO/C=C(\C#N)C1OC(COC(=O)c2ccc(C)cc2)[C@@H](OC(=O)c2ccc(C)cc2)[C@@]1(C)OCc1ccccc1. The molecular formula is C35H36N2O7. The Bertz CT molecular complexity index is 1510. The van der Waals surface area contributed by atoms with Crippen molar-refractivity contribution in [1.82, 2.24) is 0 Å². The van der Waals surface area contributed by atoms with Gasteiger partial charge in [0.15, 0.2) is 6.10 Å². The van der Waals surface area contributed by atoms with Crippen molar-refractivity contribution in [1.29, 1.82) is 5.26 Å². The molecule has 1 aliphatic heterocycles. The van der Waals surface area contributed by atoms with Crippen molar-refractivity contribution in [3.8, 4) is 6.07 Å². The third kappa shape index (κ3) is 7.98. The molecule has 1 saturated heterocycles. The van der Waals surface area contributed by atoms with Gasteiger partial charge in [-0.05, 0) is 50.6 Å². The molecule has 9 heteroatoms. The van der Waals surface area contributed by atoms with Gasteiger partial charge in [-0.3, -0.25) is 4.99 Å². The highest BCUT2D eigenvalue weighted by Crippen LogP contribution is 2.41. The summed E-state index contributed by atoms with van der Waals surface area (Å²) in [5.74, 6) is -1.17. The van der Waals surface area contributed by atoms with E-state index in [0.717, 1.165) is 16.7 Å². The van der Waals surface area contributed by atoms with E-state index in [9.17, 15) is 14.9 Å². The number of esters is 2. The molecule has 0 amide bonds. The highest BCUT2D eigenvalue weighted by molar-refractivity contribution is 5.90. The molecule has 1 aliphatic rings. The Morgan fingerprint density at radius 1 is 0.955 bits per heavy atom. The van der Waals surface area contributed by atoms with Crippen LogP contribution in [0.2, 0.25) is 0 Å². The molecule has 0 saturated carbocycles. The molecule has 3 aromatic carbocycles. The van der Waals surface area contributed by atoms with Crippen LogP contribution in [0.3, 0.4) is 0 Å². The first-order valence-corrected chi connectivity index (χ1v) is 14.2. The number of hydrogen-bond acceptors (Lipinski definition) is 9. The Morgan fingerprint density at radius 3 is 2.16 bits per heavy atom. The molecule has 0 aliphatic carbocycles. The molecule has 9 nitrogen and oxygen atoms in total. The molecule has 0 N–H and O–H groups in total. The first kappa shape index (κ1) is 32.1. The minimum atomic E-state index is -1.39. The molecule has 1 heterocycles. The standard InChI is InChI=1S/C35H36N2O7/c1-24-10-14-27(15-11-24)33(38)41-23-30-32(44-34(39)28-16-12-25(2)13-17-28)35(3,42-21-26-8-6-5-7-9-26)31(43-30)29(20-36)22-40-19-18-37-4/h5-18,22,30-32H,19,21,23H2,1-4H3/b29-22+,37-18?/t30?,31?,32-,35+/m1/s1. The van der Waals surface area contributed by atoms with Crippen LogP contribution in [0.4, 0.5) is 0 Å². The van der Waals surface area contributed by atoms with E-state index < -0.39 is 35.9 Å². The van der Waals surface area contributed by atoms with Gasteiger partial charge in [0.1, 0.15) is 37.1 Å². The summed E-state index contributed by atoms with van der Waals surface area (Å²) in [4.78, 5) is 30.3. The largest absolute Gasteiger partial charge is 0.494 e. The summed E-state index contributed by atoms with van der Waals surface area (Å²) >= 11 is 0. The van der Waals surface area contributed by atoms with E-state index in [4.69, 9.17) is 23.7 Å². The molecule has 0 bridgehead atoms. The van der Waals surface area contributed by atoms with Crippen LogP contribution in [-0.4, -0.2) is 62.3 Å². The van der Waals surface area contributed by atoms with Crippen molar-refractivity contribution in [2.45, 2.75) is 51.3 Å². The summed E-state index contributed by atoms with van der Waals surface area (Å²) in [7, 11) is 1.61. The second-order valence-electron chi connectivity index (χ2n) is 10.6. The van der Waals surface area contributed by atoms with Crippen LogP contribution < -0.4 is 0 Å². The number of nitrogens with zero attached hydrogens (tertiary/aromatic N) is 2. The van der Waals surface area contributed by atoms with E-state index in [2.05, 4.69) is 11.1 Å². The zero-order valence-corrected chi connectivity index (χ0v) is 25.3. The van der Waals surface area contributed by atoms with Crippen molar-refractivity contribution in [3.63, 3.8) is 0 Å². The van der Waals surface area contributed by atoms with Gasteiger partial charge in [-0.1, -0.05) is 65.7 Å². The molecule has 3 aromatic rings. The lowest BCUT2D eigenvalue weighted by Crippen LogP contribution is -2.51. The molecule has 2 unspecified atom stereocenters. The predicted molar refractivity (Wildman–Crippen MR) is 164 cm³/mol. The minimum Gasteiger partial charge on any atom is -0.494 e. The van der Waals surface area contributed by atoms with Crippen molar-refractivity contribution < 1.29 is 33.3 Å². The van der Waals surface area contributed by atoms with E-state index in [1.807, 2.05) is 68.4 Å². The second kappa shape index (κ2) is 15.1. The number of carbonyl (C=O) groups excluding carboxylic acids is 2. The summed E-state index contributed by atoms with van der Waals surface area (Å²) in [6.07, 6.45) is -0.251. The zero-order valence-electron chi connectivity index (χ0n) is 25.3. The summed E-state index contributed by atoms with van der Waals surface area (Å²) < 4.78 is 30.1. The monoisotopic (exact) mass is 596 g/mol. The van der Waals surface area contributed by atoms with Gasteiger partial charge in [-0.15, -0.1) is 0 Å².